The minimum absolute atomic E-state index is 0.0373. The van der Waals surface area contributed by atoms with Crippen LogP contribution in [0.25, 0.3) is 5.69 Å². The highest BCUT2D eigenvalue weighted by Gasteiger charge is 2.26. The molecule has 6 nitrogen and oxygen atoms in total. The van der Waals surface area contributed by atoms with Gasteiger partial charge in [-0.2, -0.15) is 5.10 Å². The summed E-state index contributed by atoms with van der Waals surface area (Å²) in [6.07, 6.45) is 0. The lowest BCUT2D eigenvalue weighted by Crippen LogP contribution is -2.45. The highest BCUT2D eigenvalue weighted by atomic mass is 16.3. The van der Waals surface area contributed by atoms with Gasteiger partial charge in [0.25, 0.3) is 5.91 Å². The zero-order valence-corrected chi connectivity index (χ0v) is 14.4. The summed E-state index contributed by atoms with van der Waals surface area (Å²) in [7, 11) is 0. The molecule has 1 unspecified atom stereocenters. The van der Waals surface area contributed by atoms with Crippen LogP contribution in [0.2, 0.25) is 0 Å². The van der Waals surface area contributed by atoms with Crippen molar-refractivity contribution in [3.05, 3.63) is 58.0 Å². The Labute approximate surface area is 141 Å². The number of nitrogens with zero attached hydrogens (tertiary/aromatic N) is 2. The molecule has 0 saturated carbocycles. The topological polar surface area (TPSA) is 84.2 Å². The van der Waals surface area contributed by atoms with Gasteiger partial charge in [-0.05, 0) is 31.9 Å². The molecule has 0 fully saturated rings. The predicted octanol–water partition coefficient (Wildman–Crippen LogP) is 1.68. The third-order valence-corrected chi connectivity index (χ3v) is 4.17. The Morgan fingerprint density at radius 2 is 1.96 bits per heavy atom. The van der Waals surface area contributed by atoms with Crippen molar-refractivity contribution in [1.29, 1.82) is 0 Å². The molecule has 6 heteroatoms. The maximum Gasteiger partial charge on any atom is 0.275 e. The number of aryl methyl sites for hydroxylation is 1. The molecular formula is C18H23N3O3. The maximum absolute atomic E-state index is 12.3. The fourth-order valence-electron chi connectivity index (χ4n) is 2.08. The molecule has 1 atom stereocenters. The molecule has 2 aromatic rings. The maximum atomic E-state index is 12.3. The van der Waals surface area contributed by atoms with Gasteiger partial charge in [-0.1, -0.05) is 32.0 Å². The minimum Gasteiger partial charge on any atom is -0.388 e. The largest absolute Gasteiger partial charge is 0.388 e. The fraction of sp³-hybridized carbons (Fsp3) is 0.389. The van der Waals surface area contributed by atoms with Crippen molar-refractivity contribution in [2.24, 2.45) is 5.92 Å². The molecule has 0 bridgehead atoms. The second-order valence-corrected chi connectivity index (χ2v) is 6.44. The van der Waals surface area contributed by atoms with Crippen LogP contribution in [0.4, 0.5) is 0 Å². The molecule has 2 rings (SSSR count). The first kappa shape index (κ1) is 17.9. The molecule has 0 aliphatic heterocycles. The standard InChI is InChI=1S/C18H23N3O3/c1-12(2)18(4,24)11-19-17(23)16-15(22)10-13(3)21(20-16)14-8-6-5-7-9-14/h5-10,12,24H,11H2,1-4H3,(H,19,23). The Balaban J connectivity index is 2.31. The molecule has 1 aromatic heterocycles. The molecule has 1 heterocycles. The number of aromatic nitrogens is 2. The van der Waals surface area contributed by atoms with Crippen molar-refractivity contribution in [2.45, 2.75) is 33.3 Å². The number of hydrogen-bond acceptors (Lipinski definition) is 4. The van der Waals surface area contributed by atoms with Crippen LogP contribution in [0.3, 0.4) is 0 Å². The first-order valence-corrected chi connectivity index (χ1v) is 7.89. The number of carbonyl (C=O) groups is 1. The quantitative estimate of drug-likeness (QED) is 0.874. The van der Waals surface area contributed by atoms with Crippen LogP contribution in [-0.4, -0.2) is 32.9 Å². The average Bonchev–Trinajstić information content (AvgIpc) is 2.53. The second-order valence-electron chi connectivity index (χ2n) is 6.44. The third kappa shape index (κ3) is 3.89. The first-order chi connectivity index (χ1) is 11.2. The van der Waals surface area contributed by atoms with Crippen LogP contribution >= 0.6 is 0 Å². The van der Waals surface area contributed by atoms with E-state index in [0.717, 1.165) is 5.69 Å². The van der Waals surface area contributed by atoms with Gasteiger partial charge in [-0.3, -0.25) is 9.59 Å². The number of hydrogen-bond donors (Lipinski definition) is 2. The Hall–Kier alpha value is -2.47. The fourth-order valence-corrected chi connectivity index (χ4v) is 2.08. The highest BCUT2D eigenvalue weighted by Crippen LogP contribution is 2.14. The minimum atomic E-state index is -1.06. The molecule has 128 valence electrons. The summed E-state index contributed by atoms with van der Waals surface area (Å²) in [6.45, 7) is 7.16. The second kappa shape index (κ2) is 6.97. The van der Waals surface area contributed by atoms with Crippen LogP contribution in [-0.2, 0) is 0 Å². The van der Waals surface area contributed by atoms with E-state index in [4.69, 9.17) is 0 Å². The summed E-state index contributed by atoms with van der Waals surface area (Å²) in [5.41, 5.74) is -0.292. The van der Waals surface area contributed by atoms with Crippen LogP contribution in [0, 0.1) is 12.8 Å². The van der Waals surface area contributed by atoms with Gasteiger partial charge in [0.15, 0.2) is 5.69 Å². The van der Waals surface area contributed by atoms with E-state index in [2.05, 4.69) is 10.4 Å². The van der Waals surface area contributed by atoms with Crippen molar-refractivity contribution in [3.8, 4) is 5.69 Å². The number of amides is 1. The number of aliphatic hydroxyl groups is 1. The van der Waals surface area contributed by atoms with E-state index in [1.165, 1.54) is 6.07 Å². The lowest BCUT2D eigenvalue weighted by molar-refractivity contribution is 0.0141. The monoisotopic (exact) mass is 329 g/mol. The van der Waals surface area contributed by atoms with Crippen LogP contribution < -0.4 is 10.7 Å². The normalized spacial score (nSPS) is 13.6. The number of carbonyl (C=O) groups excluding carboxylic acids is 1. The van der Waals surface area contributed by atoms with Crippen LogP contribution in [0.15, 0.2) is 41.2 Å². The van der Waals surface area contributed by atoms with Crippen molar-refractivity contribution in [3.63, 3.8) is 0 Å². The van der Waals surface area contributed by atoms with E-state index < -0.39 is 16.9 Å². The third-order valence-electron chi connectivity index (χ3n) is 4.17. The smallest absolute Gasteiger partial charge is 0.275 e. The van der Waals surface area contributed by atoms with Gasteiger partial charge < -0.3 is 10.4 Å². The molecule has 0 aliphatic rings. The summed E-state index contributed by atoms with van der Waals surface area (Å²) < 4.78 is 1.55. The van der Waals surface area contributed by atoms with E-state index >= 15 is 0 Å². The molecule has 24 heavy (non-hydrogen) atoms. The van der Waals surface area contributed by atoms with E-state index in [1.807, 2.05) is 44.2 Å². The van der Waals surface area contributed by atoms with E-state index in [9.17, 15) is 14.7 Å². The van der Waals surface area contributed by atoms with Gasteiger partial charge in [-0.15, -0.1) is 0 Å². The Bertz CT molecular complexity index is 780. The lowest BCUT2D eigenvalue weighted by Gasteiger charge is -2.27. The van der Waals surface area contributed by atoms with E-state index in [0.29, 0.717) is 5.69 Å². The number of rotatable bonds is 5. The molecular weight excluding hydrogens is 306 g/mol. The van der Waals surface area contributed by atoms with Crippen LogP contribution in [0.1, 0.15) is 37.0 Å². The number of para-hydroxylation sites is 1. The first-order valence-electron chi connectivity index (χ1n) is 7.89. The van der Waals surface area contributed by atoms with E-state index in [-0.39, 0.29) is 18.2 Å². The summed E-state index contributed by atoms with van der Waals surface area (Å²) in [6, 6.07) is 10.7. The van der Waals surface area contributed by atoms with Crippen molar-refractivity contribution < 1.29 is 9.90 Å². The zero-order chi connectivity index (χ0) is 17.9. The number of nitrogens with one attached hydrogen (secondary N) is 1. The molecule has 2 N–H and O–H groups in total. The lowest BCUT2D eigenvalue weighted by atomic mass is 9.92. The van der Waals surface area contributed by atoms with Gasteiger partial charge in [0.2, 0.25) is 5.43 Å². The molecule has 1 amide bonds. The SMILES string of the molecule is Cc1cc(=O)c(C(=O)NCC(C)(O)C(C)C)nn1-c1ccccc1. The molecule has 0 aliphatic carbocycles. The van der Waals surface area contributed by atoms with Gasteiger partial charge in [0.1, 0.15) is 0 Å². The van der Waals surface area contributed by atoms with Crippen molar-refractivity contribution in [2.75, 3.05) is 6.54 Å². The van der Waals surface area contributed by atoms with Gasteiger partial charge in [-0.25, -0.2) is 4.68 Å². The predicted molar refractivity (Wildman–Crippen MR) is 92.4 cm³/mol. The zero-order valence-electron chi connectivity index (χ0n) is 14.4. The van der Waals surface area contributed by atoms with Crippen molar-refractivity contribution >= 4 is 5.91 Å². The Morgan fingerprint density at radius 3 is 2.54 bits per heavy atom. The molecule has 0 radical (unpaired) electrons. The molecule has 0 saturated heterocycles. The summed E-state index contributed by atoms with van der Waals surface area (Å²) in [4.78, 5) is 24.5. The van der Waals surface area contributed by atoms with Gasteiger partial charge in [0, 0.05) is 18.3 Å². The van der Waals surface area contributed by atoms with Crippen LogP contribution in [0.5, 0.6) is 0 Å². The molecule has 1 aromatic carbocycles. The van der Waals surface area contributed by atoms with E-state index in [1.54, 1.807) is 18.5 Å². The van der Waals surface area contributed by atoms with Crippen molar-refractivity contribution in [1.82, 2.24) is 15.1 Å². The highest BCUT2D eigenvalue weighted by molar-refractivity contribution is 5.92. The summed E-state index contributed by atoms with van der Waals surface area (Å²) in [5, 5.41) is 17.0. The average molecular weight is 329 g/mol. The Kier molecular flexibility index (Phi) is 5.19. The Morgan fingerprint density at radius 1 is 1.33 bits per heavy atom. The number of benzene rings is 1. The summed E-state index contributed by atoms with van der Waals surface area (Å²) >= 11 is 0. The van der Waals surface area contributed by atoms with Gasteiger partial charge in [0.05, 0.1) is 11.3 Å². The molecule has 0 spiro atoms. The van der Waals surface area contributed by atoms with Gasteiger partial charge >= 0.3 is 0 Å². The summed E-state index contributed by atoms with van der Waals surface area (Å²) in [5.74, 6) is -0.629.